The highest BCUT2D eigenvalue weighted by atomic mass is 32.2. The smallest absolute Gasteiger partial charge is 0.243 e. The molecule has 1 heterocycles. The summed E-state index contributed by atoms with van der Waals surface area (Å²) >= 11 is 2.95. The number of nitrogens with zero attached hydrogens (tertiary/aromatic N) is 2. The molecule has 1 atom stereocenters. The van der Waals surface area contributed by atoms with Gasteiger partial charge in [0, 0.05) is 0 Å². The molecule has 0 unspecified atom stereocenters. The number of amides is 1. The number of nitrogens with two attached hydrogens (primary N) is 1. The van der Waals surface area contributed by atoms with Crippen LogP contribution in [0.1, 0.15) is 6.42 Å². The van der Waals surface area contributed by atoms with E-state index in [1.807, 2.05) is 6.26 Å². The first kappa shape index (κ1) is 11.4. The molecule has 3 N–H and O–H groups in total. The molecule has 1 aromatic heterocycles. The zero-order valence-corrected chi connectivity index (χ0v) is 9.40. The van der Waals surface area contributed by atoms with E-state index in [2.05, 4.69) is 15.5 Å². The monoisotopic (exact) mass is 232 g/mol. The van der Waals surface area contributed by atoms with Crippen LogP contribution in [0.5, 0.6) is 0 Å². The van der Waals surface area contributed by atoms with E-state index in [4.69, 9.17) is 5.73 Å². The highest BCUT2D eigenvalue weighted by Gasteiger charge is 2.13. The van der Waals surface area contributed by atoms with Crippen molar-refractivity contribution < 1.29 is 4.79 Å². The largest absolute Gasteiger partial charge is 0.320 e. The normalized spacial score (nSPS) is 12.4. The molecular formula is C7H12N4OS2. The van der Waals surface area contributed by atoms with Crippen LogP contribution in [0.3, 0.4) is 0 Å². The SMILES string of the molecule is CSCC[C@H](N)C(=O)Nc1nncs1. The zero-order chi connectivity index (χ0) is 10.4. The van der Waals surface area contributed by atoms with Gasteiger partial charge in [0.05, 0.1) is 6.04 Å². The van der Waals surface area contributed by atoms with Crippen molar-refractivity contribution in [3.05, 3.63) is 5.51 Å². The molecule has 14 heavy (non-hydrogen) atoms. The van der Waals surface area contributed by atoms with Crippen LogP contribution in [-0.4, -0.2) is 34.2 Å². The molecule has 0 aromatic carbocycles. The molecule has 0 saturated carbocycles. The molecule has 0 bridgehead atoms. The Hall–Kier alpha value is -0.660. The Morgan fingerprint density at radius 2 is 2.64 bits per heavy atom. The maximum absolute atomic E-state index is 11.4. The van der Waals surface area contributed by atoms with E-state index in [-0.39, 0.29) is 5.91 Å². The molecule has 0 saturated heterocycles. The zero-order valence-electron chi connectivity index (χ0n) is 7.77. The van der Waals surface area contributed by atoms with Crippen LogP contribution in [-0.2, 0) is 4.79 Å². The maximum atomic E-state index is 11.4. The second kappa shape index (κ2) is 5.94. The molecule has 0 aliphatic carbocycles. The molecule has 5 nitrogen and oxygen atoms in total. The Morgan fingerprint density at radius 3 is 3.21 bits per heavy atom. The van der Waals surface area contributed by atoms with E-state index in [9.17, 15) is 4.79 Å². The number of hydrogen-bond acceptors (Lipinski definition) is 6. The van der Waals surface area contributed by atoms with Gasteiger partial charge in [-0.25, -0.2) is 0 Å². The average molecular weight is 232 g/mol. The predicted molar refractivity (Wildman–Crippen MR) is 59.5 cm³/mol. The van der Waals surface area contributed by atoms with Crippen molar-refractivity contribution in [1.29, 1.82) is 0 Å². The first-order valence-electron chi connectivity index (χ1n) is 4.05. The quantitative estimate of drug-likeness (QED) is 0.775. The molecule has 78 valence electrons. The minimum absolute atomic E-state index is 0.198. The minimum Gasteiger partial charge on any atom is -0.320 e. The Kier molecular flexibility index (Phi) is 4.85. The molecule has 1 amide bonds. The summed E-state index contributed by atoms with van der Waals surface area (Å²) in [5.41, 5.74) is 7.21. The first-order valence-corrected chi connectivity index (χ1v) is 6.33. The average Bonchev–Trinajstić information content (AvgIpc) is 2.66. The summed E-state index contributed by atoms with van der Waals surface area (Å²) in [6.45, 7) is 0. The second-order valence-corrected chi connectivity index (χ2v) is 4.44. The van der Waals surface area contributed by atoms with Gasteiger partial charge in [0.1, 0.15) is 5.51 Å². The molecule has 1 aromatic rings. The number of aromatic nitrogens is 2. The van der Waals surface area contributed by atoms with Crippen molar-refractivity contribution in [2.45, 2.75) is 12.5 Å². The van der Waals surface area contributed by atoms with Crippen molar-refractivity contribution in [3.63, 3.8) is 0 Å². The molecule has 0 fully saturated rings. The molecular weight excluding hydrogens is 220 g/mol. The molecule has 7 heteroatoms. The Bertz CT molecular complexity index is 277. The lowest BCUT2D eigenvalue weighted by Gasteiger charge is -2.08. The summed E-state index contributed by atoms with van der Waals surface area (Å²) < 4.78 is 0. The predicted octanol–water partition coefficient (Wildman–Crippen LogP) is 0.557. The van der Waals surface area contributed by atoms with Crippen LogP contribution in [0.25, 0.3) is 0 Å². The standard InChI is InChI=1S/C7H12N4OS2/c1-13-3-2-5(8)6(12)10-7-11-9-4-14-7/h4-5H,2-3,8H2,1H3,(H,10,11,12)/t5-/m0/s1. The van der Waals surface area contributed by atoms with Gasteiger partial charge in [-0.1, -0.05) is 11.3 Å². The van der Waals surface area contributed by atoms with E-state index < -0.39 is 6.04 Å². The second-order valence-electron chi connectivity index (χ2n) is 2.62. The van der Waals surface area contributed by atoms with Crippen LogP contribution >= 0.6 is 23.1 Å². The Labute approximate surface area is 90.5 Å². The summed E-state index contributed by atoms with van der Waals surface area (Å²) in [6, 6.07) is -0.466. The fraction of sp³-hybridized carbons (Fsp3) is 0.571. The Balaban J connectivity index is 2.34. The van der Waals surface area contributed by atoms with Crippen LogP contribution < -0.4 is 11.1 Å². The topological polar surface area (TPSA) is 80.9 Å². The van der Waals surface area contributed by atoms with Crippen LogP contribution in [0, 0.1) is 0 Å². The van der Waals surface area contributed by atoms with Gasteiger partial charge in [-0.15, -0.1) is 10.2 Å². The highest BCUT2D eigenvalue weighted by molar-refractivity contribution is 7.98. The lowest BCUT2D eigenvalue weighted by atomic mass is 10.2. The van der Waals surface area contributed by atoms with Gasteiger partial charge >= 0.3 is 0 Å². The third kappa shape index (κ3) is 3.60. The van der Waals surface area contributed by atoms with Crippen LogP contribution in [0.15, 0.2) is 5.51 Å². The molecule has 0 spiro atoms. The van der Waals surface area contributed by atoms with Crippen LogP contribution in [0.2, 0.25) is 0 Å². The third-order valence-electron chi connectivity index (χ3n) is 1.56. The molecule has 0 aliphatic heterocycles. The molecule has 0 radical (unpaired) electrons. The summed E-state index contributed by atoms with van der Waals surface area (Å²) in [6.07, 6.45) is 2.65. The van der Waals surface area contributed by atoms with Crippen molar-refractivity contribution >= 4 is 34.1 Å². The number of thioether (sulfide) groups is 1. The number of carbonyl (C=O) groups is 1. The van der Waals surface area contributed by atoms with E-state index in [0.717, 1.165) is 5.75 Å². The van der Waals surface area contributed by atoms with Crippen molar-refractivity contribution in [2.75, 3.05) is 17.3 Å². The van der Waals surface area contributed by atoms with Gasteiger partial charge in [-0.05, 0) is 18.4 Å². The van der Waals surface area contributed by atoms with Crippen molar-refractivity contribution in [2.24, 2.45) is 5.73 Å². The third-order valence-corrected chi connectivity index (χ3v) is 2.81. The summed E-state index contributed by atoms with van der Waals surface area (Å²) in [5.74, 6) is 0.681. The number of anilines is 1. The lowest BCUT2D eigenvalue weighted by molar-refractivity contribution is -0.117. The molecule has 0 aliphatic rings. The number of nitrogens with one attached hydrogen (secondary N) is 1. The van der Waals surface area contributed by atoms with Gasteiger partial charge < -0.3 is 5.73 Å². The molecule has 1 rings (SSSR count). The number of carbonyl (C=O) groups excluding carboxylic acids is 1. The van der Waals surface area contributed by atoms with Gasteiger partial charge in [-0.2, -0.15) is 11.8 Å². The number of rotatable bonds is 5. The Morgan fingerprint density at radius 1 is 1.86 bits per heavy atom. The van der Waals surface area contributed by atoms with Gasteiger partial charge in [0.15, 0.2) is 0 Å². The van der Waals surface area contributed by atoms with Gasteiger partial charge in [0.2, 0.25) is 11.0 Å². The minimum atomic E-state index is -0.466. The summed E-state index contributed by atoms with van der Waals surface area (Å²) in [4.78, 5) is 11.4. The van der Waals surface area contributed by atoms with Crippen LogP contribution in [0.4, 0.5) is 5.13 Å². The van der Waals surface area contributed by atoms with E-state index in [1.54, 1.807) is 17.3 Å². The van der Waals surface area contributed by atoms with E-state index in [0.29, 0.717) is 11.6 Å². The fourth-order valence-electron chi connectivity index (χ4n) is 0.802. The maximum Gasteiger partial charge on any atom is 0.243 e. The number of hydrogen-bond donors (Lipinski definition) is 2. The first-order chi connectivity index (χ1) is 6.74. The van der Waals surface area contributed by atoms with Crippen molar-refractivity contribution in [1.82, 2.24) is 10.2 Å². The fourth-order valence-corrected chi connectivity index (χ4v) is 1.74. The van der Waals surface area contributed by atoms with Gasteiger partial charge in [-0.3, -0.25) is 10.1 Å². The van der Waals surface area contributed by atoms with E-state index in [1.165, 1.54) is 11.3 Å². The lowest BCUT2D eigenvalue weighted by Crippen LogP contribution is -2.36. The van der Waals surface area contributed by atoms with Crippen molar-refractivity contribution in [3.8, 4) is 0 Å². The highest BCUT2D eigenvalue weighted by Crippen LogP contribution is 2.09. The van der Waals surface area contributed by atoms with E-state index >= 15 is 0 Å². The van der Waals surface area contributed by atoms with Gasteiger partial charge in [0.25, 0.3) is 0 Å². The summed E-state index contributed by atoms with van der Waals surface area (Å²) in [7, 11) is 0. The summed E-state index contributed by atoms with van der Waals surface area (Å²) in [5, 5.41) is 10.4.